The van der Waals surface area contributed by atoms with E-state index in [4.69, 9.17) is 11.6 Å². The number of alkyl halides is 1. The Morgan fingerprint density at radius 2 is 2.23 bits per heavy atom. The van der Waals surface area contributed by atoms with Crippen molar-refractivity contribution < 1.29 is 0 Å². The molecule has 0 radical (unpaired) electrons. The van der Waals surface area contributed by atoms with E-state index in [1.165, 1.54) is 25.0 Å². The Hall–Kier alpha value is -0.0500. The van der Waals surface area contributed by atoms with Gasteiger partial charge in [-0.3, -0.25) is 0 Å². The molecule has 68 valence electrons. The first-order valence-corrected chi connectivity index (χ1v) is 6.10. The average molecular weight is 276 g/mol. The number of halogens is 2. The van der Waals surface area contributed by atoms with Crippen LogP contribution in [0.3, 0.4) is 0 Å². The van der Waals surface area contributed by atoms with Crippen molar-refractivity contribution >= 4 is 49.0 Å². The maximum atomic E-state index is 5.86. The summed E-state index contributed by atoms with van der Waals surface area (Å²) in [6.07, 6.45) is 0. The molecule has 1 heterocycles. The van der Waals surface area contributed by atoms with Crippen molar-refractivity contribution in [3.63, 3.8) is 0 Å². The highest BCUT2D eigenvalue weighted by Gasteiger charge is 2.06. The molecule has 3 heteroatoms. The van der Waals surface area contributed by atoms with Crippen LogP contribution in [0.2, 0.25) is 0 Å². The largest absolute Gasteiger partial charge is 0.128 e. The van der Waals surface area contributed by atoms with Gasteiger partial charge in [0.1, 0.15) is 0 Å². The highest BCUT2D eigenvalue weighted by Crippen LogP contribution is 2.34. The van der Waals surface area contributed by atoms with Crippen molar-refractivity contribution in [3.05, 3.63) is 33.1 Å². The molecule has 0 spiro atoms. The first-order valence-electron chi connectivity index (χ1n) is 3.96. The van der Waals surface area contributed by atoms with Gasteiger partial charge in [0, 0.05) is 10.6 Å². The predicted molar refractivity (Wildman–Crippen MR) is 63.8 cm³/mol. The second-order valence-corrected chi connectivity index (χ2v) is 5.67. The summed E-state index contributed by atoms with van der Waals surface area (Å²) in [6.45, 7) is 2.12. The minimum atomic E-state index is 0.587. The lowest BCUT2D eigenvalue weighted by molar-refractivity contribution is 1.43. The third-order valence-corrected chi connectivity index (χ3v) is 4.10. The lowest BCUT2D eigenvalue weighted by atomic mass is 10.1. The van der Waals surface area contributed by atoms with Crippen LogP contribution in [0.5, 0.6) is 0 Å². The van der Waals surface area contributed by atoms with Gasteiger partial charge in [0.15, 0.2) is 0 Å². The molecule has 1 aromatic carbocycles. The summed E-state index contributed by atoms with van der Waals surface area (Å²) in [6, 6.07) is 6.39. The quantitative estimate of drug-likeness (QED) is 0.661. The van der Waals surface area contributed by atoms with Gasteiger partial charge in [-0.05, 0) is 45.4 Å². The van der Waals surface area contributed by atoms with Crippen LogP contribution in [0.4, 0.5) is 0 Å². The smallest absolute Gasteiger partial charge is 0.0711 e. The molecule has 0 amide bonds. The van der Waals surface area contributed by atoms with Gasteiger partial charge in [-0.2, -0.15) is 0 Å². The van der Waals surface area contributed by atoms with Crippen LogP contribution in [0.1, 0.15) is 11.1 Å². The zero-order valence-corrected chi connectivity index (χ0v) is 10.3. The Labute approximate surface area is 94.7 Å². The van der Waals surface area contributed by atoms with E-state index in [9.17, 15) is 0 Å². The normalized spacial score (nSPS) is 11.0. The van der Waals surface area contributed by atoms with Crippen LogP contribution in [-0.4, -0.2) is 0 Å². The average Bonchev–Trinajstić information content (AvgIpc) is 2.48. The van der Waals surface area contributed by atoms with E-state index in [-0.39, 0.29) is 0 Å². The van der Waals surface area contributed by atoms with Gasteiger partial charge in [0.25, 0.3) is 0 Å². The molecule has 0 aliphatic heterocycles. The van der Waals surface area contributed by atoms with Crippen LogP contribution in [-0.2, 0) is 5.88 Å². The van der Waals surface area contributed by atoms with E-state index in [2.05, 4.69) is 41.1 Å². The molecule has 0 aliphatic rings. The Morgan fingerprint density at radius 1 is 1.46 bits per heavy atom. The van der Waals surface area contributed by atoms with Crippen LogP contribution < -0.4 is 0 Å². The number of benzene rings is 1. The highest BCUT2D eigenvalue weighted by molar-refractivity contribution is 9.11. The Bertz CT molecular complexity index is 447. The first kappa shape index (κ1) is 9.50. The molecule has 0 fully saturated rings. The van der Waals surface area contributed by atoms with Crippen molar-refractivity contribution in [2.24, 2.45) is 0 Å². The third kappa shape index (κ3) is 1.63. The summed E-state index contributed by atoms with van der Waals surface area (Å²) in [7, 11) is 0. The van der Waals surface area contributed by atoms with Gasteiger partial charge in [-0.15, -0.1) is 22.9 Å². The first-order chi connectivity index (χ1) is 6.22. The fourth-order valence-corrected chi connectivity index (χ4v) is 3.38. The monoisotopic (exact) mass is 274 g/mol. The SMILES string of the molecule is Cc1ccc(CCl)c2sc(Br)cc12. The van der Waals surface area contributed by atoms with Gasteiger partial charge < -0.3 is 0 Å². The summed E-state index contributed by atoms with van der Waals surface area (Å²) >= 11 is 11.1. The van der Waals surface area contributed by atoms with Crippen LogP contribution in [0, 0.1) is 6.92 Å². The fourth-order valence-electron chi connectivity index (χ4n) is 1.39. The minimum Gasteiger partial charge on any atom is -0.128 e. The van der Waals surface area contributed by atoms with E-state index in [0.717, 1.165) is 0 Å². The van der Waals surface area contributed by atoms with Crippen molar-refractivity contribution in [2.45, 2.75) is 12.8 Å². The number of hydrogen-bond donors (Lipinski definition) is 0. The summed E-state index contributed by atoms with van der Waals surface area (Å²) in [5.74, 6) is 0.587. The number of rotatable bonds is 1. The van der Waals surface area contributed by atoms with Crippen LogP contribution in [0.25, 0.3) is 10.1 Å². The van der Waals surface area contributed by atoms with E-state index in [1.54, 1.807) is 11.3 Å². The van der Waals surface area contributed by atoms with Crippen molar-refractivity contribution in [1.29, 1.82) is 0 Å². The predicted octanol–water partition coefficient (Wildman–Crippen LogP) is 4.71. The van der Waals surface area contributed by atoms with Crippen molar-refractivity contribution in [1.82, 2.24) is 0 Å². The van der Waals surface area contributed by atoms with Crippen molar-refractivity contribution in [2.75, 3.05) is 0 Å². The summed E-state index contributed by atoms with van der Waals surface area (Å²) in [5, 5.41) is 1.31. The molecule has 0 nitrogen and oxygen atoms in total. The van der Waals surface area contributed by atoms with Gasteiger partial charge in [0.05, 0.1) is 3.79 Å². The molecule has 13 heavy (non-hydrogen) atoms. The van der Waals surface area contributed by atoms with E-state index in [1.807, 2.05) is 0 Å². The Morgan fingerprint density at radius 3 is 2.92 bits per heavy atom. The van der Waals surface area contributed by atoms with Gasteiger partial charge >= 0.3 is 0 Å². The zero-order chi connectivity index (χ0) is 9.42. The molecule has 0 saturated carbocycles. The van der Waals surface area contributed by atoms with E-state index >= 15 is 0 Å². The molecule has 0 atom stereocenters. The maximum absolute atomic E-state index is 5.86. The van der Waals surface area contributed by atoms with Gasteiger partial charge in [-0.1, -0.05) is 12.1 Å². The number of fused-ring (bicyclic) bond motifs is 1. The molecule has 2 rings (SSSR count). The molecule has 0 saturated heterocycles. The molecule has 0 aliphatic carbocycles. The molecule has 0 unspecified atom stereocenters. The van der Waals surface area contributed by atoms with Crippen molar-refractivity contribution in [3.8, 4) is 0 Å². The lowest BCUT2D eigenvalue weighted by Gasteiger charge is -2.00. The zero-order valence-electron chi connectivity index (χ0n) is 7.10. The topological polar surface area (TPSA) is 0 Å². The molecule has 0 bridgehead atoms. The van der Waals surface area contributed by atoms with E-state index in [0.29, 0.717) is 5.88 Å². The highest BCUT2D eigenvalue weighted by atomic mass is 79.9. The lowest BCUT2D eigenvalue weighted by Crippen LogP contribution is -1.79. The minimum absolute atomic E-state index is 0.587. The standard InChI is InChI=1S/C10H8BrClS/c1-6-2-3-7(5-12)10-8(6)4-9(11)13-10/h2-4H,5H2,1H3. The Kier molecular flexibility index (Phi) is 2.63. The number of aryl methyl sites for hydroxylation is 1. The van der Waals surface area contributed by atoms with Crippen LogP contribution in [0.15, 0.2) is 22.0 Å². The fraction of sp³-hybridized carbons (Fsp3) is 0.200. The maximum Gasteiger partial charge on any atom is 0.0711 e. The summed E-state index contributed by atoms with van der Waals surface area (Å²) in [5.41, 5.74) is 2.53. The van der Waals surface area contributed by atoms with E-state index < -0.39 is 0 Å². The van der Waals surface area contributed by atoms with Gasteiger partial charge in [-0.25, -0.2) is 0 Å². The molecule has 0 N–H and O–H groups in total. The second kappa shape index (κ2) is 3.60. The third-order valence-electron chi connectivity index (χ3n) is 2.10. The Balaban J connectivity index is 2.83. The van der Waals surface area contributed by atoms with Crippen LogP contribution >= 0.6 is 38.9 Å². The number of hydrogen-bond acceptors (Lipinski definition) is 1. The molecule has 2 aromatic rings. The number of thiophene rings is 1. The summed E-state index contributed by atoms with van der Waals surface area (Å²) < 4.78 is 2.48. The molecular formula is C10H8BrClS. The summed E-state index contributed by atoms with van der Waals surface area (Å²) in [4.78, 5) is 0. The second-order valence-electron chi connectivity index (χ2n) is 2.97. The van der Waals surface area contributed by atoms with Gasteiger partial charge in [0.2, 0.25) is 0 Å². The molecule has 1 aromatic heterocycles. The molecular weight excluding hydrogens is 268 g/mol.